The number of aryl methyl sites for hydroxylation is 1. The first-order chi connectivity index (χ1) is 13.9. The highest BCUT2D eigenvalue weighted by molar-refractivity contribution is 14.0. The number of carbonyl (C=O) groups is 1. The van der Waals surface area contributed by atoms with Crippen LogP contribution in [-0.2, 0) is 17.8 Å². The van der Waals surface area contributed by atoms with Gasteiger partial charge in [0.05, 0.1) is 6.54 Å². The first-order valence-corrected chi connectivity index (χ1v) is 9.60. The third-order valence-electron chi connectivity index (χ3n) is 4.35. The third kappa shape index (κ3) is 9.08. The topological polar surface area (TPSA) is 68.8 Å². The Labute approximate surface area is 195 Å². The predicted octanol–water partition coefficient (Wildman–Crippen LogP) is 3.16. The van der Waals surface area contributed by atoms with Gasteiger partial charge in [-0.25, -0.2) is 4.39 Å². The van der Waals surface area contributed by atoms with Gasteiger partial charge in [-0.1, -0.05) is 18.2 Å². The highest BCUT2D eigenvalue weighted by Gasteiger charge is 2.05. The minimum atomic E-state index is -0.211. The van der Waals surface area contributed by atoms with Gasteiger partial charge in [-0.2, -0.15) is 0 Å². The first kappa shape index (κ1) is 25.8. The van der Waals surface area contributed by atoms with E-state index in [1.165, 1.54) is 6.07 Å². The fraction of sp³-hybridized carbons (Fsp3) is 0.364. The van der Waals surface area contributed by atoms with Gasteiger partial charge in [0, 0.05) is 25.8 Å². The van der Waals surface area contributed by atoms with Crippen molar-refractivity contribution < 1.29 is 9.18 Å². The van der Waals surface area contributed by atoms with Crippen molar-refractivity contribution in [3.8, 4) is 0 Å². The largest absolute Gasteiger partial charge is 0.356 e. The van der Waals surface area contributed by atoms with Crippen molar-refractivity contribution in [2.45, 2.75) is 19.9 Å². The summed E-state index contributed by atoms with van der Waals surface area (Å²) in [6.45, 7) is 3.52. The Morgan fingerprint density at radius 2 is 1.90 bits per heavy atom. The SMILES string of the molecule is CN=C(NCCc1ccc(F)cc1C)NCc1cccc(NC(=O)CN(C)C)c1.I. The zero-order chi connectivity index (χ0) is 21.2. The Kier molecular flexibility index (Phi) is 11.3. The van der Waals surface area contributed by atoms with Gasteiger partial charge in [-0.15, -0.1) is 24.0 Å². The lowest BCUT2D eigenvalue weighted by Gasteiger charge is -2.14. The van der Waals surface area contributed by atoms with Crippen molar-refractivity contribution in [1.29, 1.82) is 0 Å². The number of hydrogen-bond acceptors (Lipinski definition) is 3. The average molecular weight is 527 g/mol. The van der Waals surface area contributed by atoms with Crippen LogP contribution in [0.4, 0.5) is 10.1 Å². The number of likely N-dealkylation sites (N-methyl/N-ethyl adjacent to an activating group) is 1. The minimum absolute atomic E-state index is 0. The van der Waals surface area contributed by atoms with Crippen molar-refractivity contribution in [2.75, 3.05) is 39.5 Å². The smallest absolute Gasteiger partial charge is 0.238 e. The summed E-state index contributed by atoms with van der Waals surface area (Å²) in [5.74, 6) is 0.428. The molecule has 0 radical (unpaired) electrons. The monoisotopic (exact) mass is 527 g/mol. The Morgan fingerprint density at radius 1 is 1.13 bits per heavy atom. The lowest BCUT2D eigenvalue weighted by Crippen LogP contribution is -2.37. The van der Waals surface area contributed by atoms with Crippen LogP contribution in [0.25, 0.3) is 0 Å². The fourth-order valence-corrected chi connectivity index (χ4v) is 2.91. The minimum Gasteiger partial charge on any atom is -0.356 e. The number of amides is 1. The summed E-state index contributed by atoms with van der Waals surface area (Å²) in [4.78, 5) is 18.0. The molecule has 30 heavy (non-hydrogen) atoms. The second kappa shape index (κ2) is 13.2. The Morgan fingerprint density at radius 3 is 2.57 bits per heavy atom. The van der Waals surface area contributed by atoms with Gasteiger partial charge in [0.1, 0.15) is 5.82 Å². The molecule has 0 spiro atoms. The number of benzene rings is 2. The maximum Gasteiger partial charge on any atom is 0.238 e. The van der Waals surface area contributed by atoms with Crippen LogP contribution < -0.4 is 16.0 Å². The fourth-order valence-electron chi connectivity index (χ4n) is 2.91. The normalized spacial score (nSPS) is 11.1. The molecule has 8 heteroatoms. The maximum absolute atomic E-state index is 13.2. The number of halogens is 2. The molecule has 164 valence electrons. The Bertz CT molecular complexity index is 857. The van der Waals surface area contributed by atoms with Gasteiger partial charge in [0.25, 0.3) is 0 Å². The van der Waals surface area contributed by atoms with E-state index in [4.69, 9.17) is 0 Å². The van der Waals surface area contributed by atoms with Crippen LogP contribution >= 0.6 is 24.0 Å². The molecule has 2 rings (SSSR count). The molecular weight excluding hydrogens is 496 g/mol. The van der Waals surface area contributed by atoms with Crippen molar-refractivity contribution in [3.63, 3.8) is 0 Å². The van der Waals surface area contributed by atoms with Crippen molar-refractivity contribution in [2.24, 2.45) is 4.99 Å². The number of anilines is 1. The molecule has 1 amide bonds. The molecule has 0 fully saturated rings. The summed E-state index contributed by atoms with van der Waals surface area (Å²) in [6.07, 6.45) is 0.778. The van der Waals surface area contributed by atoms with Gasteiger partial charge in [0.2, 0.25) is 5.91 Å². The summed E-state index contributed by atoms with van der Waals surface area (Å²) in [5.41, 5.74) is 3.86. The first-order valence-electron chi connectivity index (χ1n) is 9.60. The zero-order valence-corrected chi connectivity index (χ0v) is 20.3. The van der Waals surface area contributed by atoms with Gasteiger partial charge < -0.3 is 20.9 Å². The van der Waals surface area contributed by atoms with Gasteiger partial charge in [0.15, 0.2) is 5.96 Å². The van der Waals surface area contributed by atoms with E-state index < -0.39 is 0 Å². The van der Waals surface area contributed by atoms with Crippen LogP contribution in [-0.4, -0.2) is 51.0 Å². The van der Waals surface area contributed by atoms with Crippen LogP contribution in [0.1, 0.15) is 16.7 Å². The third-order valence-corrected chi connectivity index (χ3v) is 4.35. The summed E-state index contributed by atoms with van der Waals surface area (Å²) in [7, 11) is 5.43. The van der Waals surface area contributed by atoms with Crippen LogP contribution in [0.5, 0.6) is 0 Å². The number of hydrogen-bond donors (Lipinski definition) is 3. The van der Waals surface area contributed by atoms with Crippen molar-refractivity contribution in [3.05, 3.63) is 65.0 Å². The number of nitrogens with one attached hydrogen (secondary N) is 3. The second-order valence-electron chi connectivity index (χ2n) is 7.16. The predicted molar refractivity (Wildman–Crippen MR) is 132 cm³/mol. The molecule has 2 aromatic carbocycles. The van der Waals surface area contributed by atoms with Crippen LogP contribution in [0.2, 0.25) is 0 Å². The summed E-state index contributed by atoms with van der Waals surface area (Å²) in [5, 5.41) is 9.43. The molecule has 2 aromatic rings. The molecule has 0 aliphatic heterocycles. The molecule has 0 unspecified atom stereocenters. The summed E-state index contributed by atoms with van der Waals surface area (Å²) >= 11 is 0. The summed E-state index contributed by atoms with van der Waals surface area (Å²) < 4.78 is 13.2. The van der Waals surface area contributed by atoms with Crippen LogP contribution in [0.15, 0.2) is 47.5 Å². The van der Waals surface area contributed by atoms with E-state index in [0.717, 1.165) is 28.8 Å². The molecule has 0 bridgehead atoms. The van der Waals surface area contributed by atoms with E-state index in [0.29, 0.717) is 25.6 Å². The molecule has 0 saturated heterocycles. The van der Waals surface area contributed by atoms with Gasteiger partial charge >= 0.3 is 0 Å². The quantitative estimate of drug-likeness (QED) is 0.281. The van der Waals surface area contributed by atoms with E-state index in [1.54, 1.807) is 13.1 Å². The van der Waals surface area contributed by atoms with E-state index in [-0.39, 0.29) is 35.7 Å². The number of carbonyl (C=O) groups excluding carboxylic acids is 1. The summed E-state index contributed by atoms with van der Waals surface area (Å²) in [6, 6.07) is 12.6. The standard InChI is InChI=1S/C22H30FN5O.HI/c1-16-12-19(23)9-8-18(16)10-11-25-22(24-2)26-14-17-6-5-7-20(13-17)27-21(29)15-28(3)4;/h5-9,12-13H,10-11,14-15H2,1-4H3,(H,27,29)(H2,24,25,26);1H. The second-order valence-corrected chi connectivity index (χ2v) is 7.16. The molecular formula is C22H31FIN5O. The lowest BCUT2D eigenvalue weighted by molar-refractivity contribution is -0.116. The molecule has 3 N–H and O–H groups in total. The van der Waals surface area contributed by atoms with Crippen LogP contribution in [0, 0.1) is 12.7 Å². The molecule has 0 saturated carbocycles. The Hall–Kier alpha value is -2.20. The van der Waals surface area contributed by atoms with E-state index in [1.807, 2.05) is 56.3 Å². The highest BCUT2D eigenvalue weighted by atomic mass is 127. The Balaban J connectivity index is 0.00000450. The average Bonchev–Trinajstić information content (AvgIpc) is 2.65. The number of guanidine groups is 1. The number of nitrogens with zero attached hydrogens (tertiary/aromatic N) is 2. The highest BCUT2D eigenvalue weighted by Crippen LogP contribution is 2.11. The van der Waals surface area contributed by atoms with Crippen molar-refractivity contribution >= 4 is 41.5 Å². The molecule has 6 nitrogen and oxygen atoms in total. The van der Waals surface area contributed by atoms with Gasteiger partial charge in [-0.3, -0.25) is 9.79 Å². The van der Waals surface area contributed by atoms with Gasteiger partial charge in [-0.05, 0) is 68.4 Å². The zero-order valence-electron chi connectivity index (χ0n) is 18.0. The molecule has 0 aliphatic rings. The molecule has 0 heterocycles. The maximum atomic E-state index is 13.2. The molecule has 0 aliphatic carbocycles. The number of rotatable bonds is 8. The van der Waals surface area contributed by atoms with E-state index in [2.05, 4.69) is 20.9 Å². The molecule has 0 atom stereocenters. The van der Waals surface area contributed by atoms with Crippen molar-refractivity contribution in [1.82, 2.24) is 15.5 Å². The van der Waals surface area contributed by atoms with E-state index >= 15 is 0 Å². The molecule has 0 aromatic heterocycles. The lowest BCUT2D eigenvalue weighted by atomic mass is 10.1. The van der Waals surface area contributed by atoms with E-state index in [9.17, 15) is 9.18 Å². The number of aliphatic imine (C=N–C) groups is 1. The van der Waals surface area contributed by atoms with Crippen LogP contribution in [0.3, 0.4) is 0 Å².